The molecular formula is C27H26N6OS. The van der Waals surface area contributed by atoms with E-state index in [1.165, 1.54) is 11.3 Å². The average molecular weight is 483 g/mol. The summed E-state index contributed by atoms with van der Waals surface area (Å²) in [5, 5.41) is 9.74. The Hall–Kier alpha value is -4.30. The van der Waals surface area contributed by atoms with Crippen molar-refractivity contribution in [2.45, 2.75) is 20.3 Å². The number of carbonyl (C=O) groups excluding carboxylic acids is 1. The molecule has 0 unspecified atom stereocenters. The molecule has 4 rings (SSSR count). The number of nitrogens with zero attached hydrogens (tertiary/aromatic N) is 2. The number of aromatic amines is 1. The SMILES string of the molecule is C=CC/C=C(\C=C(/C)N)c1ccc(N)c(C(=N)c2cc3c(-c4ccc(C(C)=O)s4)nccc3[nH]2)n1. The summed E-state index contributed by atoms with van der Waals surface area (Å²) < 4.78 is 0. The smallest absolute Gasteiger partial charge is 0.169 e. The van der Waals surface area contributed by atoms with Crippen molar-refractivity contribution in [2.24, 2.45) is 5.73 Å². The van der Waals surface area contributed by atoms with Crippen LogP contribution in [0, 0.1) is 5.41 Å². The quantitative estimate of drug-likeness (QED) is 0.110. The molecule has 4 heterocycles. The maximum atomic E-state index is 11.7. The number of allylic oxidation sites excluding steroid dienone is 5. The number of thiophene rings is 1. The highest BCUT2D eigenvalue weighted by atomic mass is 32.1. The van der Waals surface area contributed by atoms with Crippen LogP contribution < -0.4 is 11.5 Å². The van der Waals surface area contributed by atoms with Crippen molar-refractivity contribution < 1.29 is 4.79 Å². The Morgan fingerprint density at radius 1 is 1.23 bits per heavy atom. The molecule has 6 N–H and O–H groups in total. The molecular weight excluding hydrogens is 456 g/mol. The molecule has 176 valence electrons. The molecule has 35 heavy (non-hydrogen) atoms. The van der Waals surface area contributed by atoms with Crippen molar-refractivity contribution in [1.82, 2.24) is 15.0 Å². The zero-order chi connectivity index (χ0) is 25.1. The lowest BCUT2D eigenvalue weighted by molar-refractivity contribution is 0.102. The molecule has 0 bridgehead atoms. The van der Waals surface area contributed by atoms with E-state index in [0.29, 0.717) is 39.8 Å². The third-order valence-corrected chi connectivity index (χ3v) is 6.54. The number of nitrogen functional groups attached to an aromatic ring is 1. The number of Topliss-reactive ketones (excluding diaryl/α,β-unsaturated/α-hetero) is 1. The van der Waals surface area contributed by atoms with Gasteiger partial charge in [-0.2, -0.15) is 0 Å². The van der Waals surface area contributed by atoms with E-state index in [2.05, 4.69) is 16.5 Å². The maximum Gasteiger partial charge on any atom is 0.169 e. The fourth-order valence-electron chi connectivity index (χ4n) is 3.69. The number of ketones is 1. The molecule has 0 atom stereocenters. The first-order valence-electron chi connectivity index (χ1n) is 11.0. The van der Waals surface area contributed by atoms with E-state index >= 15 is 0 Å². The summed E-state index contributed by atoms with van der Waals surface area (Å²) in [4.78, 5) is 25.9. The number of nitrogens with one attached hydrogen (secondary N) is 2. The van der Waals surface area contributed by atoms with Crippen LogP contribution in [0.2, 0.25) is 0 Å². The molecule has 8 heteroatoms. The number of pyridine rings is 2. The molecule has 0 aliphatic heterocycles. The Kier molecular flexibility index (Phi) is 6.75. The van der Waals surface area contributed by atoms with Gasteiger partial charge in [0.15, 0.2) is 5.78 Å². The van der Waals surface area contributed by atoms with Crippen LogP contribution in [0.3, 0.4) is 0 Å². The van der Waals surface area contributed by atoms with E-state index < -0.39 is 0 Å². The number of hydrogen-bond donors (Lipinski definition) is 4. The molecule has 0 aromatic carbocycles. The van der Waals surface area contributed by atoms with Crippen molar-refractivity contribution in [3.63, 3.8) is 0 Å². The molecule has 0 saturated heterocycles. The highest BCUT2D eigenvalue weighted by Gasteiger charge is 2.18. The Labute approximate surface area is 207 Å². The zero-order valence-electron chi connectivity index (χ0n) is 19.6. The predicted octanol–water partition coefficient (Wildman–Crippen LogP) is 5.71. The summed E-state index contributed by atoms with van der Waals surface area (Å²) in [6.07, 6.45) is 7.98. The minimum absolute atomic E-state index is 0.0209. The van der Waals surface area contributed by atoms with Gasteiger partial charge in [0, 0.05) is 22.8 Å². The van der Waals surface area contributed by atoms with Crippen LogP contribution in [-0.4, -0.2) is 26.4 Å². The number of rotatable bonds is 8. The van der Waals surface area contributed by atoms with Crippen molar-refractivity contribution in [2.75, 3.05) is 5.73 Å². The van der Waals surface area contributed by atoms with Crippen molar-refractivity contribution in [3.8, 4) is 10.6 Å². The second kappa shape index (κ2) is 9.90. The predicted molar refractivity (Wildman–Crippen MR) is 145 cm³/mol. The number of hydrogen-bond acceptors (Lipinski definition) is 7. The van der Waals surface area contributed by atoms with E-state index in [4.69, 9.17) is 21.9 Å². The number of carbonyl (C=O) groups is 1. The molecule has 0 aliphatic carbocycles. The standard InChI is InChI=1S/C27H26N6OS/c1-4-5-6-17(13-15(2)28)20-8-7-19(29)27(33-20)25(30)22-14-18-21(32-22)11-12-31-26(18)24-10-9-23(35-24)16(3)34/h4,6-14,30,32H,1,5,28-29H2,2-3H3/b15-13+,17-6+,30-25?. The van der Waals surface area contributed by atoms with E-state index in [1.807, 2.05) is 49.4 Å². The lowest BCUT2D eigenvalue weighted by atomic mass is 10.1. The largest absolute Gasteiger partial charge is 0.402 e. The third kappa shape index (κ3) is 4.97. The lowest BCUT2D eigenvalue weighted by Gasteiger charge is -2.10. The summed E-state index contributed by atoms with van der Waals surface area (Å²) in [5.41, 5.74) is 17.4. The van der Waals surface area contributed by atoms with Crippen molar-refractivity contribution in [1.29, 1.82) is 5.41 Å². The van der Waals surface area contributed by atoms with Crippen molar-refractivity contribution in [3.05, 3.63) is 95.1 Å². The average Bonchev–Trinajstić information content (AvgIpc) is 3.49. The third-order valence-electron chi connectivity index (χ3n) is 5.35. The minimum Gasteiger partial charge on any atom is -0.402 e. The van der Waals surface area contributed by atoms with Crippen LogP contribution in [0.15, 0.2) is 73.1 Å². The summed E-state index contributed by atoms with van der Waals surface area (Å²) in [5.74, 6) is 0.0209. The van der Waals surface area contributed by atoms with E-state index in [0.717, 1.165) is 27.0 Å². The second-order valence-corrected chi connectivity index (χ2v) is 9.19. The van der Waals surface area contributed by atoms with Crippen LogP contribution >= 0.6 is 11.3 Å². The summed E-state index contributed by atoms with van der Waals surface area (Å²) >= 11 is 1.40. The van der Waals surface area contributed by atoms with E-state index in [-0.39, 0.29) is 11.5 Å². The highest BCUT2D eigenvalue weighted by molar-refractivity contribution is 7.17. The monoisotopic (exact) mass is 482 g/mol. The van der Waals surface area contributed by atoms with Gasteiger partial charge in [0.1, 0.15) is 11.4 Å². The van der Waals surface area contributed by atoms with Crippen LogP contribution in [0.5, 0.6) is 0 Å². The lowest BCUT2D eigenvalue weighted by Crippen LogP contribution is -2.10. The molecule has 7 nitrogen and oxygen atoms in total. The first kappa shape index (κ1) is 23.8. The Bertz CT molecular complexity index is 1520. The van der Waals surface area contributed by atoms with Crippen LogP contribution in [-0.2, 0) is 0 Å². The minimum atomic E-state index is 0.0209. The van der Waals surface area contributed by atoms with Gasteiger partial charge in [-0.15, -0.1) is 17.9 Å². The summed E-state index contributed by atoms with van der Waals surface area (Å²) in [6.45, 7) is 7.13. The zero-order valence-corrected chi connectivity index (χ0v) is 20.4. The highest BCUT2D eigenvalue weighted by Crippen LogP contribution is 2.33. The number of anilines is 1. The Morgan fingerprint density at radius 3 is 2.71 bits per heavy atom. The summed E-state index contributed by atoms with van der Waals surface area (Å²) in [6, 6.07) is 11.0. The van der Waals surface area contributed by atoms with E-state index in [1.54, 1.807) is 25.3 Å². The topological polar surface area (TPSA) is 135 Å². The van der Waals surface area contributed by atoms with Gasteiger partial charge in [-0.05, 0) is 68.3 Å². The fourth-order valence-corrected chi connectivity index (χ4v) is 4.60. The first-order valence-corrected chi connectivity index (χ1v) is 11.8. The molecule has 0 aliphatic rings. The van der Waals surface area contributed by atoms with Crippen LogP contribution in [0.4, 0.5) is 5.69 Å². The second-order valence-electron chi connectivity index (χ2n) is 8.11. The van der Waals surface area contributed by atoms with Gasteiger partial charge in [0.25, 0.3) is 0 Å². The van der Waals surface area contributed by atoms with Gasteiger partial charge < -0.3 is 16.5 Å². The molecule has 0 amide bonds. The number of fused-ring (bicyclic) bond motifs is 1. The van der Waals surface area contributed by atoms with Gasteiger partial charge in [0.2, 0.25) is 0 Å². The Balaban J connectivity index is 1.77. The normalized spacial score (nSPS) is 12.2. The molecule has 0 radical (unpaired) electrons. The number of H-pyrrole nitrogens is 1. The van der Waals surface area contributed by atoms with Crippen LogP contribution in [0.25, 0.3) is 27.0 Å². The summed E-state index contributed by atoms with van der Waals surface area (Å²) in [7, 11) is 0. The molecule has 0 fully saturated rings. The van der Waals surface area contributed by atoms with Gasteiger partial charge in [-0.3, -0.25) is 15.2 Å². The van der Waals surface area contributed by atoms with Gasteiger partial charge in [-0.25, -0.2) is 4.98 Å². The van der Waals surface area contributed by atoms with Gasteiger partial charge in [-0.1, -0.05) is 12.2 Å². The number of aromatic nitrogens is 3. The molecule has 4 aromatic rings. The molecule has 0 spiro atoms. The van der Waals surface area contributed by atoms with Gasteiger partial charge in [0.05, 0.1) is 32.5 Å². The fraction of sp³-hybridized carbons (Fsp3) is 0.111. The molecule has 0 saturated carbocycles. The maximum absolute atomic E-state index is 11.7. The Morgan fingerprint density at radius 2 is 2.03 bits per heavy atom. The molecule has 4 aromatic heterocycles. The van der Waals surface area contributed by atoms with Crippen LogP contribution in [0.1, 0.15) is 47.0 Å². The number of nitrogens with two attached hydrogens (primary N) is 2. The first-order chi connectivity index (χ1) is 16.8. The van der Waals surface area contributed by atoms with E-state index in [9.17, 15) is 4.79 Å². The van der Waals surface area contributed by atoms with Crippen molar-refractivity contribution >= 4 is 45.0 Å². The van der Waals surface area contributed by atoms with Gasteiger partial charge >= 0.3 is 0 Å².